The Morgan fingerprint density at radius 1 is 0.957 bits per heavy atom. The van der Waals surface area contributed by atoms with E-state index in [0.29, 0.717) is 34.9 Å². The molecule has 1 saturated heterocycles. The van der Waals surface area contributed by atoms with Gasteiger partial charge in [0.25, 0.3) is 5.91 Å². The van der Waals surface area contributed by atoms with E-state index >= 15 is 4.39 Å². The maximum atomic E-state index is 15.1. The summed E-state index contributed by atoms with van der Waals surface area (Å²) in [6, 6.07) is 14.6. The first-order chi connectivity index (χ1) is 22.0. The van der Waals surface area contributed by atoms with E-state index < -0.39 is 18.1 Å². The molecule has 5 rings (SSSR count). The van der Waals surface area contributed by atoms with E-state index in [0.717, 1.165) is 50.9 Å². The van der Waals surface area contributed by atoms with E-state index in [1.165, 1.54) is 42.6 Å². The van der Waals surface area contributed by atoms with Crippen LogP contribution in [-0.4, -0.2) is 66.6 Å². The van der Waals surface area contributed by atoms with Gasteiger partial charge in [0.2, 0.25) is 5.95 Å². The lowest BCUT2D eigenvalue weighted by Gasteiger charge is -2.26. The van der Waals surface area contributed by atoms with E-state index in [1.54, 1.807) is 13.0 Å². The van der Waals surface area contributed by atoms with Crippen molar-refractivity contribution in [3.8, 4) is 22.8 Å². The molecule has 0 bridgehead atoms. The van der Waals surface area contributed by atoms with Gasteiger partial charge in [-0.25, -0.2) is 14.4 Å². The van der Waals surface area contributed by atoms with Crippen molar-refractivity contribution < 1.29 is 36.6 Å². The zero-order chi connectivity index (χ0) is 32.7. The van der Waals surface area contributed by atoms with Gasteiger partial charge in [-0.1, -0.05) is 6.07 Å². The van der Waals surface area contributed by atoms with Crippen LogP contribution < -0.4 is 20.1 Å². The molecule has 4 aromatic rings. The third-order valence-corrected chi connectivity index (χ3v) is 7.26. The van der Waals surface area contributed by atoms with Crippen molar-refractivity contribution in [1.29, 1.82) is 0 Å². The van der Waals surface area contributed by atoms with Crippen LogP contribution in [0.5, 0.6) is 11.5 Å². The van der Waals surface area contributed by atoms with Crippen LogP contribution >= 0.6 is 0 Å². The SMILES string of the molecule is Cc1ccc(OCCCN2CCOCC2)cc1NC(=O)c1ccc(Nc2ncc(C)c(-c3ccc(OC(F)(F)F)cc3)n2)c(F)c1. The average Bonchev–Trinajstić information content (AvgIpc) is 3.03. The quantitative estimate of drug-likeness (QED) is 0.135. The van der Waals surface area contributed by atoms with Gasteiger partial charge in [0.15, 0.2) is 0 Å². The molecule has 3 aromatic carbocycles. The molecule has 0 atom stereocenters. The van der Waals surface area contributed by atoms with Crippen molar-refractivity contribution >= 4 is 23.2 Å². The number of nitrogens with one attached hydrogen (secondary N) is 2. The van der Waals surface area contributed by atoms with Crippen molar-refractivity contribution in [2.45, 2.75) is 26.6 Å². The second kappa shape index (κ2) is 14.6. The maximum absolute atomic E-state index is 15.1. The average molecular weight is 640 g/mol. The number of rotatable bonds is 11. The van der Waals surface area contributed by atoms with E-state index in [2.05, 4.69) is 30.2 Å². The first kappa shape index (κ1) is 32.6. The fraction of sp³-hybridized carbons (Fsp3) is 0.303. The monoisotopic (exact) mass is 639 g/mol. The Hall–Kier alpha value is -4.75. The molecule has 1 aliphatic heterocycles. The summed E-state index contributed by atoms with van der Waals surface area (Å²) >= 11 is 0. The van der Waals surface area contributed by atoms with Crippen molar-refractivity contribution in [3.63, 3.8) is 0 Å². The van der Waals surface area contributed by atoms with Gasteiger partial charge in [-0.2, -0.15) is 0 Å². The second-order valence-electron chi connectivity index (χ2n) is 10.7. The number of hydrogen-bond acceptors (Lipinski definition) is 8. The van der Waals surface area contributed by atoms with Crippen molar-refractivity contribution in [2.24, 2.45) is 0 Å². The van der Waals surface area contributed by atoms with Crippen LogP contribution in [0.2, 0.25) is 0 Å². The minimum absolute atomic E-state index is 0.0314. The second-order valence-corrected chi connectivity index (χ2v) is 10.7. The summed E-state index contributed by atoms with van der Waals surface area (Å²) in [6.45, 7) is 8.39. The fourth-order valence-electron chi connectivity index (χ4n) is 4.81. The molecule has 2 N–H and O–H groups in total. The molecule has 0 radical (unpaired) electrons. The highest BCUT2D eigenvalue weighted by molar-refractivity contribution is 6.05. The highest BCUT2D eigenvalue weighted by atomic mass is 19.4. The third kappa shape index (κ3) is 8.92. The first-order valence-corrected chi connectivity index (χ1v) is 14.7. The summed E-state index contributed by atoms with van der Waals surface area (Å²) in [5, 5.41) is 5.63. The van der Waals surface area contributed by atoms with Gasteiger partial charge in [-0.05, 0) is 79.9 Å². The van der Waals surface area contributed by atoms with E-state index in [4.69, 9.17) is 9.47 Å². The van der Waals surface area contributed by atoms with Gasteiger partial charge in [0.1, 0.15) is 17.3 Å². The predicted octanol–water partition coefficient (Wildman–Crippen LogP) is 6.90. The fourth-order valence-corrected chi connectivity index (χ4v) is 4.81. The Morgan fingerprint density at radius 3 is 2.41 bits per heavy atom. The number of benzene rings is 3. The number of amides is 1. The van der Waals surface area contributed by atoms with E-state index in [-0.39, 0.29) is 22.9 Å². The van der Waals surface area contributed by atoms with Gasteiger partial charge >= 0.3 is 6.36 Å². The number of carbonyl (C=O) groups excluding carboxylic acids is 1. The highest BCUT2D eigenvalue weighted by Gasteiger charge is 2.31. The molecule has 1 aromatic heterocycles. The molecule has 46 heavy (non-hydrogen) atoms. The van der Waals surface area contributed by atoms with Crippen LogP contribution in [0.1, 0.15) is 27.9 Å². The predicted molar refractivity (Wildman–Crippen MR) is 165 cm³/mol. The highest BCUT2D eigenvalue weighted by Crippen LogP contribution is 2.29. The number of hydrogen-bond donors (Lipinski definition) is 2. The van der Waals surface area contributed by atoms with Gasteiger partial charge in [-0.15, -0.1) is 13.2 Å². The lowest BCUT2D eigenvalue weighted by molar-refractivity contribution is -0.274. The molecule has 0 spiro atoms. The molecular formula is C33H33F4N5O4. The Balaban J connectivity index is 1.20. The number of nitrogens with zero attached hydrogens (tertiary/aromatic N) is 3. The molecule has 2 heterocycles. The van der Waals surface area contributed by atoms with Crippen LogP contribution in [0.3, 0.4) is 0 Å². The summed E-state index contributed by atoms with van der Waals surface area (Å²) in [7, 11) is 0. The Labute approximate surface area is 263 Å². The van der Waals surface area contributed by atoms with Crippen molar-refractivity contribution in [3.05, 3.63) is 89.4 Å². The number of aromatic nitrogens is 2. The summed E-state index contributed by atoms with van der Waals surface area (Å²) in [5.74, 6) is -0.883. The number of anilines is 3. The standard InChI is InChI=1S/C33H33F4N5O4/c1-21-4-8-26(45-15-3-12-42-13-16-44-17-14-42)19-29(21)39-31(43)24-7-11-28(27(34)18-24)40-32-38-20-22(2)30(41-32)23-5-9-25(10-6-23)46-33(35,36)37/h4-11,18-20H,3,12-17H2,1-2H3,(H,39,43)(H,38,40,41). The summed E-state index contributed by atoms with van der Waals surface area (Å²) in [6.07, 6.45) is -2.43. The lowest BCUT2D eigenvalue weighted by Crippen LogP contribution is -2.37. The van der Waals surface area contributed by atoms with Crippen LogP contribution in [-0.2, 0) is 4.74 Å². The zero-order valence-electron chi connectivity index (χ0n) is 25.3. The number of ether oxygens (including phenoxy) is 3. The lowest BCUT2D eigenvalue weighted by atomic mass is 10.1. The topological polar surface area (TPSA) is 97.8 Å². The van der Waals surface area contributed by atoms with Gasteiger partial charge < -0.3 is 24.8 Å². The minimum atomic E-state index is -4.80. The van der Waals surface area contributed by atoms with E-state index in [9.17, 15) is 18.0 Å². The molecule has 0 aliphatic carbocycles. The Morgan fingerprint density at radius 2 is 1.70 bits per heavy atom. The Bertz CT molecular complexity index is 1660. The molecule has 1 aliphatic rings. The third-order valence-electron chi connectivity index (χ3n) is 7.26. The van der Waals surface area contributed by atoms with Crippen LogP contribution in [0, 0.1) is 19.7 Å². The van der Waals surface area contributed by atoms with Crippen LogP contribution in [0.25, 0.3) is 11.3 Å². The molecule has 0 unspecified atom stereocenters. The number of morpholine rings is 1. The smallest absolute Gasteiger partial charge is 0.493 e. The normalized spacial score (nSPS) is 13.7. The number of aryl methyl sites for hydroxylation is 2. The van der Waals surface area contributed by atoms with Crippen molar-refractivity contribution in [2.75, 3.05) is 50.1 Å². The molecule has 0 saturated carbocycles. The van der Waals surface area contributed by atoms with Gasteiger partial charge in [0, 0.05) is 48.7 Å². The molecule has 1 fully saturated rings. The number of alkyl halides is 3. The summed E-state index contributed by atoms with van der Waals surface area (Å²) in [5.41, 5.74) is 3.11. The van der Waals surface area contributed by atoms with Gasteiger partial charge in [0.05, 0.1) is 31.2 Å². The number of carbonyl (C=O) groups is 1. The molecule has 242 valence electrons. The first-order valence-electron chi connectivity index (χ1n) is 14.7. The molecular weight excluding hydrogens is 606 g/mol. The maximum Gasteiger partial charge on any atom is 0.573 e. The molecule has 9 nitrogen and oxygen atoms in total. The van der Waals surface area contributed by atoms with E-state index in [1.807, 2.05) is 19.1 Å². The minimum Gasteiger partial charge on any atom is -0.493 e. The van der Waals surface area contributed by atoms with Crippen molar-refractivity contribution in [1.82, 2.24) is 14.9 Å². The zero-order valence-corrected chi connectivity index (χ0v) is 25.3. The summed E-state index contributed by atoms with van der Waals surface area (Å²) < 4.78 is 67.8. The van der Waals surface area contributed by atoms with Gasteiger partial charge in [-0.3, -0.25) is 9.69 Å². The Kier molecular flexibility index (Phi) is 10.3. The molecule has 1 amide bonds. The van der Waals surface area contributed by atoms with Crippen LogP contribution in [0.4, 0.5) is 34.9 Å². The molecule has 13 heteroatoms. The van der Waals surface area contributed by atoms with Crippen LogP contribution in [0.15, 0.2) is 66.9 Å². The number of halogens is 4. The summed E-state index contributed by atoms with van der Waals surface area (Å²) in [4.78, 5) is 24.0. The largest absolute Gasteiger partial charge is 0.573 e.